The van der Waals surface area contributed by atoms with Crippen LogP contribution in [0.25, 0.3) is 0 Å². The highest BCUT2D eigenvalue weighted by atomic mass is 16.5. The van der Waals surface area contributed by atoms with Gasteiger partial charge < -0.3 is 9.84 Å². The minimum atomic E-state index is -0.944. The Labute approximate surface area is 95.1 Å². The maximum atomic E-state index is 10.4. The number of ether oxygens (including phenoxy) is 1. The summed E-state index contributed by atoms with van der Waals surface area (Å²) >= 11 is 0. The van der Waals surface area contributed by atoms with E-state index < -0.39 is 5.97 Å². The molecule has 0 aromatic carbocycles. The van der Waals surface area contributed by atoms with Crippen LogP contribution in [0.5, 0.6) is 0 Å². The maximum Gasteiger partial charge on any atom is 0.341 e. The van der Waals surface area contributed by atoms with Crippen molar-refractivity contribution in [2.24, 2.45) is 11.8 Å². The van der Waals surface area contributed by atoms with Gasteiger partial charge in [0.05, 0.1) is 0 Å². The molecule has 0 amide bonds. The van der Waals surface area contributed by atoms with Gasteiger partial charge >= 0.3 is 5.97 Å². The Hall–Kier alpha value is -1.51. The second kappa shape index (κ2) is 4.56. The lowest BCUT2D eigenvalue weighted by atomic mass is 9.94. The first-order valence-corrected chi connectivity index (χ1v) is 5.61. The fourth-order valence-corrected chi connectivity index (χ4v) is 1.66. The van der Waals surface area contributed by atoms with Crippen LogP contribution in [0.1, 0.15) is 19.8 Å². The molecule has 3 nitrogen and oxygen atoms in total. The average molecular weight is 220 g/mol. The van der Waals surface area contributed by atoms with Gasteiger partial charge in [-0.15, -0.1) is 0 Å². The third-order valence-electron chi connectivity index (χ3n) is 2.80. The molecular weight excluding hydrogens is 204 g/mol. The predicted molar refractivity (Wildman–Crippen MR) is 60.8 cm³/mol. The Kier molecular flexibility index (Phi) is 3.13. The second-order valence-electron chi connectivity index (χ2n) is 4.38. The lowest BCUT2D eigenvalue weighted by molar-refractivity contribution is -0.140. The molecular formula is C13H16O3. The summed E-state index contributed by atoms with van der Waals surface area (Å²) in [7, 11) is 0. The first-order chi connectivity index (χ1) is 7.65. The van der Waals surface area contributed by atoms with Gasteiger partial charge in [-0.2, -0.15) is 0 Å². The van der Waals surface area contributed by atoms with Crippen LogP contribution < -0.4 is 0 Å². The molecule has 1 atom stereocenters. The Morgan fingerprint density at radius 1 is 1.62 bits per heavy atom. The highest BCUT2D eigenvalue weighted by Crippen LogP contribution is 2.34. The van der Waals surface area contributed by atoms with Crippen molar-refractivity contribution in [3.8, 4) is 0 Å². The zero-order valence-electron chi connectivity index (χ0n) is 9.35. The summed E-state index contributed by atoms with van der Waals surface area (Å²) in [4.78, 5) is 10.4. The van der Waals surface area contributed by atoms with Crippen LogP contribution in [0, 0.1) is 11.8 Å². The van der Waals surface area contributed by atoms with Crippen LogP contribution in [0.3, 0.4) is 0 Å². The fraction of sp³-hybridized carbons (Fsp3) is 0.462. The van der Waals surface area contributed by atoms with Crippen LogP contribution in [-0.4, -0.2) is 17.7 Å². The van der Waals surface area contributed by atoms with Gasteiger partial charge in [-0.1, -0.05) is 19.1 Å². The van der Waals surface area contributed by atoms with Gasteiger partial charge in [0.2, 0.25) is 0 Å². The number of carboxylic acids is 1. The Morgan fingerprint density at radius 3 is 3.00 bits per heavy atom. The van der Waals surface area contributed by atoms with Crippen molar-refractivity contribution in [1.29, 1.82) is 0 Å². The summed E-state index contributed by atoms with van der Waals surface area (Å²) in [6.07, 6.45) is 10.7. The number of hydrogen-bond acceptors (Lipinski definition) is 2. The van der Waals surface area contributed by atoms with Crippen molar-refractivity contribution < 1.29 is 14.6 Å². The number of allylic oxidation sites excluding steroid dienone is 5. The highest BCUT2D eigenvalue weighted by Gasteiger charge is 2.21. The quantitative estimate of drug-likeness (QED) is 0.791. The van der Waals surface area contributed by atoms with Gasteiger partial charge in [-0.25, -0.2) is 4.79 Å². The van der Waals surface area contributed by atoms with E-state index in [1.54, 1.807) is 0 Å². The van der Waals surface area contributed by atoms with E-state index in [-0.39, 0.29) is 6.61 Å². The van der Waals surface area contributed by atoms with Gasteiger partial charge in [0.1, 0.15) is 5.76 Å². The van der Waals surface area contributed by atoms with Gasteiger partial charge in [0, 0.05) is 0 Å². The smallest absolute Gasteiger partial charge is 0.341 e. The Morgan fingerprint density at radius 2 is 2.38 bits per heavy atom. The molecule has 0 radical (unpaired) electrons. The van der Waals surface area contributed by atoms with E-state index in [0.29, 0.717) is 11.7 Å². The van der Waals surface area contributed by atoms with Crippen LogP contribution >= 0.6 is 0 Å². The summed E-state index contributed by atoms with van der Waals surface area (Å²) in [6.45, 7) is 1.86. The predicted octanol–water partition coefficient (Wildman–Crippen LogP) is 2.51. The monoisotopic (exact) mass is 220 g/mol. The number of carbonyl (C=O) groups is 1. The van der Waals surface area contributed by atoms with Crippen molar-refractivity contribution in [2.75, 3.05) is 6.61 Å². The van der Waals surface area contributed by atoms with Crippen molar-refractivity contribution >= 4 is 5.97 Å². The van der Waals surface area contributed by atoms with Crippen LogP contribution in [0.4, 0.5) is 0 Å². The molecule has 86 valence electrons. The SMILES string of the molecule is CC1C=CC(OCC(=O)O)=C/C1=C/C1CC1. The minimum Gasteiger partial charge on any atom is -0.482 e. The number of hydrogen-bond donors (Lipinski definition) is 1. The molecule has 0 bridgehead atoms. The molecule has 1 unspecified atom stereocenters. The Bertz CT molecular complexity index is 373. The summed E-state index contributed by atoms with van der Waals surface area (Å²) in [5.74, 6) is 0.826. The third kappa shape index (κ3) is 2.99. The van der Waals surface area contributed by atoms with Gasteiger partial charge in [-0.05, 0) is 42.4 Å². The molecule has 2 rings (SSSR count). The van der Waals surface area contributed by atoms with E-state index in [1.807, 2.05) is 18.2 Å². The normalized spacial score (nSPS) is 26.7. The van der Waals surface area contributed by atoms with Crippen LogP contribution in [0.2, 0.25) is 0 Å². The number of carboxylic acid groups (broad SMARTS) is 1. The molecule has 0 aromatic heterocycles. The maximum absolute atomic E-state index is 10.4. The van der Waals surface area contributed by atoms with E-state index in [1.165, 1.54) is 18.4 Å². The molecule has 2 aliphatic rings. The summed E-state index contributed by atoms with van der Waals surface area (Å²) in [6, 6.07) is 0. The zero-order chi connectivity index (χ0) is 11.5. The standard InChI is InChI=1S/C13H16O3/c1-9-2-5-12(16-8-13(14)15)7-11(9)6-10-3-4-10/h2,5-7,9-10H,3-4,8H2,1H3,(H,14,15)/b11-6-. The molecule has 0 spiro atoms. The molecule has 1 N–H and O–H groups in total. The molecule has 1 fully saturated rings. The molecule has 16 heavy (non-hydrogen) atoms. The molecule has 1 saturated carbocycles. The van der Waals surface area contributed by atoms with Crippen molar-refractivity contribution in [2.45, 2.75) is 19.8 Å². The molecule has 0 saturated heterocycles. The third-order valence-corrected chi connectivity index (χ3v) is 2.80. The highest BCUT2D eigenvalue weighted by molar-refractivity contribution is 5.68. The van der Waals surface area contributed by atoms with Crippen LogP contribution in [0.15, 0.2) is 35.6 Å². The zero-order valence-corrected chi connectivity index (χ0v) is 9.35. The largest absolute Gasteiger partial charge is 0.482 e. The van der Waals surface area contributed by atoms with E-state index >= 15 is 0 Å². The molecule has 2 aliphatic carbocycles. The molecule has 0 aliphatic heterocycles. The van der Waals surface area contributed by atoms with Crippen LogP contribution in [-0.2, 0) is 9.53 Å². The number of aliphatic carboxylic acids is 1. The lowest BCUT2D eigenvalue weighted by Crippen LogP contribution is -2.08. The van der Waals surface area contributed by atoms with E-state index in [0.717, 1.165) is 5.92 Å². The summed E-state index contributed by atoms with van der Waals surface area (Å²) in [5, 5.41) is 8.53. The van der Waals surface area contributed by atoms with E-state index in [9.17, 15) is 4.79 Å². The Balaban J connectivity index is 2.02. The fourth-order valence-electron chi connectivity index (χ4n) is 1.66. The van der Waals surface area contributed by atoms with Crippen molar-refractivity contribution in [1.82, 2.24) is 0 Å². The second-order valence-corrected chi connectivity index (χ2v) is 4.38. The van der Waals surface area contributed by atoms with Crippen molar-refractivity contribution in [3.63, 3.8) is 0 Å². The average Bonchev–Trinajstić information content (AvgIpc) is 3.03. The van der Waals surface area contributed by atoms with Gasteiger partial charge in [-0.3, -0.25) is 0 Å². The molecule has 0 aromatic rings. The molecule has 0 heterocycles. The lowest BCUT2D eigenvalue weighted by Gasteiger charge is -2.16. The van der Waals surface area contributed by atoms with E-state index in [2.05, 4.69) is 13.0 Å². The van der Waals surface area contributed by atoms with Gasteiger partial charge in [0.15, 0.2) is 6.61 Å². The number of rotatable bonds is 4. The van der Waals surface area contributed by atoms with E-state index in [4.69, 9.17) is 9.84 Å². The molecule has 3 heteroatoms. The first-order valence-electron chi connectivity index (χ1n) is 5.61. The van der Waals surface area contributed by atoms with Crippen molar-refractivity contribution in [3.05, 3.63) is 35.6 Å². The minimum absolute atomic E-state index is 0.277. The summed E-state index contributed by atoms with van der Waals surface area (Å²) < 4.78 is 5.16. The van der Waals surface area contributed by atoms with Gasteiger partial charge in [0.25, 0.3) is 0 Å². The first kappa shape index (κ1) is 11.0. The summed E-state index contributed by atoms with van der Waals surface area (Å²) in [5.41, 5.74) is 1.24. The topological polar surface area (TPSA) is 46.5 Å².